The predicted molar refractivity (Wildman–Crippen MR) is 124 cm³/mol. The third-order valence-corrected chi connectivity index (χ3v) is 7.08. The molecule has 0 saturated carbocycles. The van der Waals surface area contributed by atoms with E-state index in [2.05, 4.69) is 25.8 Å². The van der Waals surface area contributed by atoms with Gasteiger partial charge in [-0.2, -0.15) is 0 Å². The number of benzene rings is 3. The summed E-state index contributed by atoms with van der Waals surface area (Å²) >= 11 is 3.27. The number of hydrogen-bond acceptors (Lipinski definition) is 5. The number of aryl methyl sites for hydroxylation is 1. The van der Waals surface area contributed by atoms with Gasteiger partial charge in [0.2, 0.25) is 0 Å². The highest BCUT2D eigenvalue weighted by Gasteiger charge is 2.20. The number of nitrogens with zero attached hydrogens (tertiary/aromatic N) is 1. The molecule has 4 rings (SSSR count). The summed E-state index contributed by atoms with van der Waals surface area (Å²) < 4.78 is 39.0. The minimum atomic E-state index is -3.83. The van der Waals surface area contributed by atoms with Crippen LogP contribution in [0.4, 0.5) is 5.88 Å². The van der Waals surface area contributed by atoms with Gasteiger partial charge < -0.3 is 9.26 Å². The maximum Gasteiger partial charge on any atom is 0.264 e. The Bertz CT molecular complexity index is 1320. The fourth-order valence-electron chi connectivity index (χ4n) is 3.26. The Morgan fingerprint density at radius 1 is 0.935 bits per heavy atom. The van der Waals surface area contributed by atoms with Crippen molar-refractivity contribution in [1.29, 1.82) is 0 Å². The van der Waals surface area contributed by atoms with Crippen molar-refractivity contribution in [2.45, 2.75) is 11.8 Å². The number of ether oxygens (including phenoxy) is 1. The van der Waals surface area contributed by atoms with E-state index in [0.29, 0.717) is 10.2 Å². The van der Waals surface area contributed by atoms with E-state index in [1.807, 2.05) is 48.5 Å². The molecule has 0 spiro atoms. The number of methoxy groups -OCH3 is 1. The van der Waals surface area contributed by atoms with Gasteiger partial charge in [-0.15, -0.1) is 0 Å². The second-order valence-corrected chi connectivity index (χ2v) is 9.27. The van der Waals surface area contributed by atoms with Crippen molar-refractivity contribution >= 4 is 31.8 Å². The number of rotatable bonds is 6. The second-order valence-electron chi connectivity index (χ2n) is 6.79. The molecule has 0 bridgehead atoms. The number of nitrogens with one attached hydrogen (secondary N) is 1. The Kier molecular flexibility index (Phi) is 5.84. The van der Waals surface area contributed by atoms with Gasteiger partial charge in [-0.3, -0.25) is 0 Å². The molecular weight excluding hydrogens is 480 g/mol. The summed E-state index contributed by atoms with van der Waals surface area (Å²) in [7, 11) is -2.20. The molecule has 158 valence electrons. The molecule has 6 nitrogen and oxygen atoms in total. The van der Waals surface area contributed by atoms with Gasteiger partial charge in [0.25, 0.3) is 15.9 Å². The monoisotopic (exact) mass is 498 g/mol. The zero-order chi connectivity index (χ0) is 22.0. The van der Waals surface area contributed by atoms with Crippen molar-refractivity contribution in [3.05, 3.63) is 83.0 Å². The molecule has 0 amide bonds. The Morgan fingerprint density at radius 2 is 1.65 bits per heavy atom. The largest absolute Gasteiger partial charge is 0.496 e. The van der Waals surface area contributed by atoms with Crippen LogP contribution in [-0.2, 0) is 10.0 Å². The first-order valence-electron chi connectivity index (χ1n) is 9.38. The van der Waals surface area contributed by atoms with Gasteiger partial charge in [0.05, 0.1) is 17.7 Å². The van der Waals surface area contributed by atoms with E-state index >= 15 is 0 Å². The molecule has 3 aromatic carbocycles. The topological polar surface area (TPSA) is 81.4 Å². The molecule has 1 N–H and O–H groups in total. The smallest absolute Gasteiger partial charge is 0.264 e. The first-order valence-corrected chi connectivity index (χ1v) is 11.7. The summed E-state index contributed by atoms with van der Waals surface area (Å²) in [4.78, 5) is 0.112. The van der Waals surface area contributed by atoms with Crippen LogP contribution in [0.5, 0.6) is 5.75 Å². The quantitative estimate of drug-likeness (QED) is 0.358. The van der Waals surface area contributed by atoms with Gasteiger partial charge in [0, 0.05) is 5.56 Å². The highest BCUT2D eigenvalue weighted by Crippen LogP contribution is 2.39. The number of anilines is 1. The Morgan fingerprint density at radius 3 is 2.26 bits per heavy atom. The lowest BCUT2D eigenvalue weighted by atomic mass is 9.94. The number of aromatic nitrogens is 1. The highest BCUT2D eigenvalue weighted by molar-refractivity contribution is 9.10. The van der Waals surface area contributed by atoms with Crippen LogP contribution >= 0.6 is 15.9 Å². The zero-order valence-corrected chi connectivity index (χ0v) is 19.2. The molecule has 8 heteroatoms. The fraction of sp³-hybridized carbons (Fsp3) is 0.0870. The Labute approximate surface area is 189 Å². The summed E-state index contributed by atoms with van der Waals surface area (Å²) in [6.45, 7) is 1.71. The van der Waals surface area contributed by atoms with Crippen molar-refractivity contribution in [2.24, 2.45) is 0 Å². The summed E-state index contributed by atoms with van der Waals surface area (Å²) in [5.41, 5.74) is 4.32. The molecule has 0 aliphatic carbocycles. The van der Waals surface area contributed by atoms with Gasteiger partial charge in [0.1, 0.15) is 10.2 Å². The van der Waals surface area contributed by atoms with Crippen LogP contribution in [0.3, 0.4) is 0 Å². The fourth-order valence-corrected chi connectivity index (χ4v) is 4.63. The average Bonchev–Trinajstić information content (AvgIpc) is 3.11. The average molecular weight is 499 g/mol. The SMILES string of the molecule is COc1cccc(-c2ccc(S(=O)(=O)Nc3onc(C)c3Br)cc2)c1-c1ccccc1. The molecule has 31 heavy (non-hydrogen) atoms. The molecule has 0 fully saturated rings. The van der Waals surface area contributed by atoms with Crippen molar-refractivity contribution in [3.63, 3.8) is 0 Å². The van der Waals surface area contributed by atoms with E-state index in [9.17, 15) is 8.42 Å². The van der Waals surface area contributed by atoms with Crippen molar-refractivity contribution < 1.29 is 17.7 Å². The van der Waals surface area contributed by atoms with E-state index in [0.717, 1.165) is 28.0 Å². The summed E-state index contributed by atoms with van der Waals surface area (Å²) in [6.07, 6.45) is 0. The van der Waals surface area contributed by atoms with Gasteiger partial charge in [-0.25, -0.2) is 13.1 Å². The van der Waals surface area contributed by atoms with Crippen LogP contribution in [0.25, 0.3) is 22.3 Å². The number of sulfonamides is 1. The molecule has 0 aliphatic heterocycles. The minimum Gasteiger partial charge on any atom is -0.496 e. The lowest BCUT2D eigenvalue weighted by Crippen LogP contribution is -2.12. The molecule has 0 saturated heterocycles. The normalized spacial score (nSPS) is 11.3. The first kappa shape index (κ1) is 21.1. The van der Waals surface area contributed by atoms with Gasteiger partial charge in [-0.1, -0.05) is 59.8 Å². The van der Waals surface area contributed by atoms with E-state index < -0.39 is 10.0 Å². The summed E-state index contributed by atoms with van der Waals surface area (Å²) in [6, 6.07) is 22.4. The molecule has 0 atom stereocenters. The molecule has 1 aromatic heterocycles. The maximum atomic E-state index is 12.8. The predicted octanol–water partition coefficient (Wildman–Crippen LogP) is 5.89. The molecule has 0 radical (unpaired) electrons. The third-order valence-electron chi connectivity index (χ3n) is 4.80. The number of halogens is 1. The van der Waals surface area contributed by atoms with E-state index in [-0.39, 0.29) is 10.8 Å². The van der Waals surface area contributed by atoms with E-state index in [1.165, 1.54) is 0 Å². The van der Waals surface area contributed by atoms with Crippen LogP contribution in [0.1, 0.15) is 5.69 Å². The zero-order valence-electron chi connectivity index (χ0n) is 16.8. The molecule has 0 aliphatic rings. The Balaban J connectivity index is 1.72. The first-order chi connectivity index (χ1) is 14.9. The molecular formula is C23H19BrN2O4S. The van der Waals surface area contributed by atoms with Gasteiger partial charge >= 0.3 is 0 Å². The second kappa shape index (κ2) is 8.56. The van der Waals surface area contributed by atoms with Crippen molar-refractivity contribution in [2.75, 3.05) is 11.8 Å². The summed E-state index contributed by atoms with van der Waals surface area (Å²) in [5, 5.41) is 3.74. The minimum absolute atomic E-state index is 0.0423. The third kappa shape index (κ3) is 4.22. The van der Waals surface area contributed by atoms with E-state index in [4.69, 9.17) is 9.26 Å². The highest BCUT2D eigenvalue weighted by atomic mass is 79.9. The number of hydrogen-bond donors (Lipinski definition) is 1. The van der Waals surface area contributed by atoms with Crippen LogP contribution in [0.2, 0.25) is 0 Å². The molecule has 1 heterocycles. The lowest BCUT2D eigenvalue weighted by molar-refractivity contribution is 0.416. The van der Waals surface area contributed by atoms with E-state index in [1.54, 1.807) is 38.3 Å². The van der Waals surface area contributed by atoms with Gasteiger partial charge in [0.15, 0.2) is 0 Å². The molecule has 4 aromatic rings. The lowest BCUT2D eigenvalue weighted by Gasteiger charge is -2.15. The standard InChI is InChI=1S/C23H19BrN2O4S/c1-15-22(24)23(30-25-15)26-31(27,28)18-13-11-16(12-14-18)19-9-6-10-20(29-2)21(19)17-7-4-3-5-8-17/h3-14,26H,1-2H3. The molecule has 0 unspecified atom stereocenters. The van der Waals surface area contributed by atoms with Crippen LogP contribution in [-0.4, -0.2) is 20.7 Å². The summed E-state index contributed by atoms with van der Waals surface area (Å²) in [5.74, 6) is 0.786. The van der Waals surface area contributed by atoms with Gasteiger partial charge in [-0.05, 0) is 57.7 Å². The Hall–Kier alpha value is -3.10. The maximum absolute atomic E-state index is 12.8. The van der Waals surface area contributed by atoms with Crippen molar-refractivity contribution in [1.82, 2.24) is 5.16 Å². The van der Waals surface area contributed by atoms with Crippen LogP contribution in [0.15, 0.2) is 86.7 Å². The van der Waals surface area contributed by atoms with Crippen molar-refractivity contribution in [3.8, 4) is 28.0 Å². The van der Waals surface area contributed by atoms with Crippen LogP contribution < -0.4 is 9.46 Å². The van der Waals surface area contributed by atoms with Crippen LogP contribution in [0, 0.1) is 6.92 Å².